The lowest BCUT2D eigenvalue weighted by atomic mass is 10.3. The lowest BCUT2D eigenvalue weighted by molar-refractivity contribution is 0.0688. The van der Waals surface area contributed by atoms with Crippen LogP contribution in [0, 0.1) is 0 Å². The van der Waals surface area contributed by atoms with E-state index in [4.69, 9.17) is 4.74 Å². The molecule has 11 nitrogen and oxygen atoms in total. The second-order valence-electron chi connectivity index (χ2n) is 6.42. The minimum Gasteiger partial charge on any atom is -0.486 e. The number of rotatable bonds is 4. The lowest BCUT2D eigenvalue weighted by Crippen LogP contribution is -2.24. The number of carboxylic acid groups (broad SMARTS) is 1. The minimum atomic E-state index is -1.17. The molecule has 0 atom stereocenters. The van der Waals surface area contributed by atoms with E-state index in [1.165, 1.54) is 15.3 Å². The molecule has 0 bridgehead atoms. The largest absolute Gasteiger partial charge is 0.486 e. The van der Waals surface area contributed by atoms with Gasteiger partial charge in [0.1, 0.15) is 23.8 Å². The maximum Gasteiger partial charge on any atom is 0.356 e. The fourth-order valence-electron chi connectivity index (χ4n) is 3.23. The highest BCUT2D eigenvalue weighted by Crippen LogP contribution is 2.37. The van der Waals surface area contributed by atoms with Crippen LogP contribution in [0.1, 0.15) is 10.5 Å². The van der Waals surface area contributed by atoms with Crippen molar-refractivity contribution in [3.8, 4) is 11.6 Å². The summed E-state index contributed by atoms with van der Waals surface area (Å²) in [6.45, 7) is 0.915. The maximum absolute atomic E-state index is 13.0. The number of carbonyl (C=O) groups is 1. The number of aromatic carboxylic acids is 1. The summed E-state index contributed by atoms with van der Waals surface area (Å²) in [6.07, 6.45) is 4.43. The van der Waals surface area contributed by atoms with Crippen molar-refractivity contribution < 1.29 is 14.6 Å². The van der Waals surface area contributed by atoms with Crippen LogP contribution in [0.25, 0.3) is 11.5 Å². The van der Waals surface area contributed by atoms with Crippen molar-refractivity contribution in [3.63, 3.8) is 0 Å². The van der Waals surface area contributed by atoms with Crippen molar-refractivity contribution in [2.45, 2.75) is 0 Å². The third-order valence-electron chi connectivity index (χ3n) is 4.57. The number of nitrogens with zero attached hydrogens (tertiary/aromatic N) is 5. The first-order chi connectivity index (χ1) is 14.6. The number of ether oxygens (including phenoxy) is 1. The van der Waals surface area contributed by atoms with Crippen LogP contribution in [0.2, 0.25) is 0 Å². The van der Waals surface area contributed by atoms with Gasteiger partial charge in [0.25, 0.3) is 5.56 Å². The third kappa shape index (κ3) is 2.80. The molecule has 150 valence electrons. The van der Waals surface area contributed by atoms with E-state index in [-0.39, 0.29) is 22.8 Å². The number of carboxylic acids is 1. The molecule has 11 heteroatoms. The number of aromatic nitrogens is 5. The van der Waals surface area contributed by atoms with Crippen molar-refractivity contribution in [2.75, 3.05) is 23.8 Å². The predicted molar refractivity (Wildman–Crippen MR) is 107 cm³/mol. The van der Waals surface area contributed by atoms with Crippen LogP contribution < -0.4 is 20.9 Å². The van der Waals surface area contributed by atoms with Crippen LogP contribution >= 0.6 is 0 Å². The summed E-state index contributed by atoms with van der Waals surface area (Å²) >= 11 is 0. The molecule has 1 aliphatic rings. The first-order valence-corrected chi connectivity index (χ1v) is 9.05. The summed E-state index contributed by atoms with van der Waals surface area (Å²) in [7, 11) is 0. The van der Waals surface area contributed by atoms with E-state index in [1.807, 2.05) is 0 Å². The van der Waals surface area contributed by atoms with Gasteiger partial charge in [-0.15, -0.1) is 5.10 Å². The van der Waals surface area contributed by atoms with Gasteiger partial charge in [0, 0.05) is 18.9 Å². The average molecular weight is 405 g/mol. The molecule has 0 fully saturated rings. The van der Waals surface area contributed by atoms with E-state index in [9.17, 15) is 14.7 Å². The minimum absolute atomic E-state index is 0.109. The van der Waals surface area contributed by atoms with Crippen LogP contribution in [0.4, 0.5) is 17.2 Å². The highest BCUT2D eigenvalue weighted by atomic mass is 16.5. The number of hydrogen-bond acceptors (Lipinski definition) is 8. The van der Waals surface area contributed by atoms with Crippen LogP contribution in [-0.2, 0) is 0 Å². The van der Waals surface area contributed by atoms with Gasteiger partial charge in [0.15, 0.2) is 22.9 Å². The van der Waals surface area contributed by atoms with E-state index in [1.54, 1.807) is 42.7 Å². The Morgan fingerprint density at radius 3 is 2.93 bits per heavy atom. The average Bonchev–Trinajstić information content (AvgIpc) is 3.20. The molecule has 4 aromatic rings. The van der Waals surface area contributed by atoms with Crippen LogP contribution in [0.15, 0.2) is 53.7 Å². The molecule has 0 aromatic carbocycles. The fraction of sp³-hybridized carbons (Fsp3) is 0.105. The zero-order valence-corrected chi connectivity index (χ0v) is 15.4. The summed E-state index contributed by atoms with van der Waals surface area (Å²) in [6, 6.07) is 8.56. The topological polar surface area (TPSA) is 136 Å². The highest BCUT2D eigenvalue weighted by Gasteiger charge is 2.25. The molecule has 5 rings (SSSR count). The lowest BCUT2D eigenvalue weighted by Gasteiger charge is -2.22. The predicted octanol–water partition coefficient (Wildman–Crippen LogP) is 1.52. The molecular formula is C19H15N7O4. The van der Waals surface area contributed by atoms with Gasteiger partial charge in [-0.2, -0.15) is 0 Å². The van der Waals surface area contributed by atoms with Gasteiger partial charge in [0.2, 0.25) is 0 Å². The number of anilines is 3. The Morgan fingerprint density at radius 1 is 1.23 bits per heavy atom. The van der Waals surface area contributed by atoms with Crippen molar-refractivity contribution >= 4 is 28.8 Å². The molecule has 0 radical (unpaired) electrons. The summed E-state index contributed by atoms with van der Waals surface area (Å²) in [5.74, 6) is -0.142. The number of pyridine rings is 2. The molecule has 0 amide bonds. The van der Waals surface area contributed by atoms with Gasteiger partial charge < -0.3 is 20.5 Å². The monoisotopic (exact) mass is 405 g/mol. The van der Waals surface area contributed by atoms with Gasteiger partial charge in [-0.3, -0.25) is 9.36 Å². The highest BCUT2D eigenvalue weighted by molar-refractivity contribution is 5.90. The zero-order chi connectivity index (χ0) is 20.7. The second-order valence-corrected chi connectivity index (χ2v) is 6.42. The van der Waals surface area contributed by atoms with Crippen molar-refractivity contribution in [2.24, 2.45) is 0 Å². The molecule has 1 aliphatic heterocycles. The van der Waals surface area contributed by atoms with Gasteiger partial charge in [-0.05, 0) is 24.3 Å². The molecular weight excluding hydrogens is 390 g/mol. The molecule has 0 unspecified atom stereocenters. The van der Waals surface area contributed by atoms with Crippen LogP contribution in [0.3, 0.4) is 0 Å². The quantitative estimate of drug-likeness (QED) is 0.462. The molecule has 5 heterocycles. The Balaban J connectivity index is 1.65. The first-order valence-electron chi connectivity index (χ1n) is 9.05. The molecule has 30 heavy (non-hydrogen) atoms. The smallest absolute Gasteiger partial charge is 0.356 e. The summed E-state index contributed by atoms with van der Waals surface area (Å²) in [4.78, 5) is 32.9. The molecule has 0 saturated carbocycles. The summed E-state index contributed by atoms with van der Waals surface area (Å²) < 4.78 is 8.34. The molecule has 0 aliphatic carbocycles. The Bertz CT molecular complexity index is 1330. The standard InChI is InChI=1S/C19H15N7O4/c27-18-11(4-3-8-25(18)13-5-1-2-6-20-13)23-16-15-14(21-7-9-30-15)17-22-10-12(19(28)29)26(17)24-16/h1-6,8,10,21H,7,9H2,(H,23,24)(H,28,29). The van der Waals surface area contributed by atoms with Gasteiger partial charge >= 0.3 is 5.97 Å². The van der Waals surface area contributed by atoms with E-state index in [0.29, 0.717) is 36.1 Å². The first kappa shape index (κ1) is 17.7. The third-order valence-corrected chi connectivity index (χ3v) is 4.57. The molecule has 3 N–H and O–H groups in total. The van der Waals surface area contributed by atoms with Gasteiger partial charge in [-0.25, -0.2) is 19.3 Å². The SMILES string of the molecule is O=C(O)c1cnc2c3c(c(Nc4cccn(-c5ccccn5)c4=O)nn12)OCCN3. The van der Waals surface area contributed by atoms with E-state index >= 15 is 0 Å². The van der Waals surface area contributed by atoms with E-state index in [0.717, 1.165) is 0 Å². The Labute approximate surface area is 168 Å². The number of nitrogens with one attached hydrogen (secondary N) is 2. The number of imidazole rings is 1. The Kier molecular flexibility index (Phi) is 4.05. The molecule has 0 spiro atoms. The maximum atomic E-state index is 13.0. The number of hydrogen-bond donors (Lipinski definition) is 3. The van der Waals surface area contributed by atoms with Crippen LogP contribution in [0.5, 0.6) is 5.75 Å². The Morgan fingerprint density at radius 2 is 2.13 bits per heavy atom. The van der Waals surface area contributed by atoms with Crippen molar-refractivity contribution in [1.82, 2.24) is 24.1 Å². The molecule has 4 aromatic heterocycles. The van der Waals surface area contributed by atoms with Crippen LogP contribution in [-0.4, -0.2) is 48.4 Å². The Hall–Kier alpha value is -4.41. The summed E-state index contributed by atoms with van der Waals surface area (Å²) in [5, 5.41) is 19.9. The van der Waals surface area contributed by atoms with E-state index in [2.05, 4.69) is 25.7 Å². The van der Waals surface area contributed by atoms with E-state index < -0.39 is 5.97 Å². The van der Waals surface area contributed by atoms with Gasteiger partial charge in [-0.1, -0.05) is 6.07 Å². The normalized spacial score (nSPS) is 12.7. The van der Waals surface area contributed by atoms with Crippen molar-refractivity contribution in [1.29, 1.82) is 0 Å². The van der Waals surface area contributed by atoms with Gasteiger partial charge in [0.05, 0.1) is 6.20 Å². The molecule has 0 saturated heterocycles. The van der Waals surface area contributed by atoms with Crippen molar-refractivity contribution in [3.05, 3.63) is 65.0 Å². The zero-order valence-electron chi connectivity index (χ0n) is 15.4. The second kappa shape index (κ2) is 6.88. The number of fused-ring (bicyclic) bond motifs is 3. The fourth-order valence-corrected chi connectivity index (χ4v) is 3.23. The summed E-state index contributed by atoms with van der Waals surface area (Å²) in [5.41, 5.74) is 0.601.